The lowest BCUT2D eigenvalue weighted by Crippen LogP contribution is -2.28. The first-order valence-electron chi connectivity index (χ1n) is 22.7. The number of aryl methyl sites for hydroxylation is 2. The van der Waals surface area contributed by atoms with Crippen molar-refractivity contribution in [3.63, 3.8) is 0 Å². The third kappa shape index (κ3) is 6.20. The monoisotopic (exact) mass is 836 g/mol. The van der Waals surface area contributed by atoms with E-state index in [0.29, 0.717) is 5.92 Å². The molecule has 0 spiro atoms. The van der Waals surface area contributed by atoms with Crippen LogP contribution in [-0.2, 0) is 0 Å². The van der Waals surface area contributed by atoms with Crippen molar-refractivity contribution < 1.29 is 0 Å². The lowest BCUT2D eigenvalue weighted by Gasteiger charge is -2.29. The van der Waals surface area contributed by atoms with E-state index in [1.54, 1.807) is 0 Å². The molecule has 312 valence electrons. The first-order chi connectivity index (χ1) is 32.0. The lowest BCUT2D eigenvalue weighted by atomic mass is 9.91. The summed E-state index contributed by atoms with van der Waals surface area (Å²) < 4.78 is 7.44. The number of allylic oxidation sites excluding steroid dienone is 2. The van der Waals surface area contributed by atoms with Gasteiger partial charge in [0, 0.05) is 67.2 Å². The number of para-hydroxylation sites is 4. The van der Waals surface area contributed by atoms with Crippen molar-refractivity contribution in [3.05, 3.63) is 247 Å². The number of aromatic nitrogens is 3. The molecular formula is C61H48N4. The Morgan fingerprint density at radius 2 is 1.02 bits per heavy atom. The van der Waals surface area contributed by atoms with Gasteiger partial charge in [-0.15, -0.1) is 0 Å². The van der Waals surface area contributed by atoms with Crippen LogP contribution in [0.25, 0.3) is 71.9 Å². The predicted molar refractivity (Wildman–Crippen MR) is 274 cm³/mol. The van der Waals surface area contributed by atoms with Gasteiger partial charge in [0.15, 0.2) is 0 Å². The van der Waals surface area contributed by atoms with E-state index in [0.717, 1.165) is 22.7 Å². The van der Waals surface area contributed by atoms with E-state index in [1.165, 1.54) is 83.0 Å². The minimum Gasteiger partial charge on any atom is -0.333 e. The van der Waals surface area contributed by atoms with Gasteiger partial charge in [-0.05, 0) is 98.1 Å². The Kier molecular flexibility index (Phi) is 9.27. The zero-order valence-corrected chi connectivity index (χ0v) is 36.8. The van der Waals surface area contributed by atoms with Crippen LogP contribution in [0.5, 0.6) is 0 Å². The van der Waals surface area contributed by atoms with Gasteiger partial charge < -0.3 is 9.47 Å². The zero-order chi connectivity index (χ0) is 43.6. The van der Waals surface area contributed by atoms with Crippen molar-refractivity contribution in [2.75, 3.05) is 4.90 Å². The van der Waals surface area contributed by atoms with Gasteiger partial charge in [-0.1, -0.05) is 169 Å². The van der Waals surface area contributed by atoms with Crippen LogP contribution in [0.4, 0.5) is 11.4 Å². The van der Waals surface area contributed by atoms with Crippen molar-refractivity contribution in [2.24, 2.45) is 0 Å². The Bertz CT molecular complexity index is 3650. The molecule has 1 aliphatic carbocycles. The molecule has 2 atom stereocenters. The van der Waals surface area contributed by atoms with E-state index < -0.39 is 0 Å². The molecule has 0 amide bonds. The number of hydrogen-bond donors (Lipinski definition) is 0. The third-order valence-corrected chi connectivity index (χ3v) is 13.6. The molecule has 2 unspecified atom stereocenters. The Balaban J connectivity index is 0.000000583. The summed E-state index contributed by atoms with van der Waals surface area (Å²) in [4.78, 5) is 2.53. The molecule has 3 aromatic heterocycles. The molecule has 13 rings (SSSR count). The number of hydrogen-bond acceptors (Lipinski definition) is 1. The molecule has 65 heavy (non-hydrogen) atoms. The lowest BCUT2D eigenvalue weighted by molar-refractivity contribution is 0.744. The van der Waals surface area contributed by atoms with E-state index >= 15 is 0 Å². The summed E-state index contributed by atoms with van der Waals surface area (Å²) in [6, 6.07) is 73.0. The molecule has 4 heteroatoms. The number of rotatable bonds is 5. The maximum absolute atomic E-state index is 2.53. The minimum atomic E-state index is 0.228. The standard InChI is InChI=1S/C54H40N4.C7H8/c1-35-17-6-7-22-41(35)52-36(2)55(37-18-4-3-5-19-37)51-34-40(31-32-46(51)52)58-50-30-15-11-26-45(50)53-44-25-10-14-29-49(44)57(54(53)58)39-21-16-20-38(33-39)56-47-27-12-8-23-42(47)43-24-9-13-28-48(43)56;1-7-5-3-2-4-6-7/h3-34,42,47H,1-2H3;2-6H,1H3. The first-order valence-corrected chi connectivity index (χ1v) is 22.7. The molecular weight excluding hydrogens is 789 g/mol. The first kappa shape index (κ1) is 38.6. The topological polar surface area (TPSA) is 18.0 Å². The zero-order valence-electron chi connectivity index (χ0n) is 36.8. The second kappa shape index (κ2) is 15.6. The largest absolute Gasteiger partial charge is 0.333 e. The highest BCUT2D eigenvalue weighted by molar-refractivity contribution is 6.22. The van der Waals surface area contributed by atoms with Crippen molar-refractivity contribution in [2.45, 2.75) is 32.7 Å². The van der Waals surface area contributed by atoms with Gasteiger partial charge in [-0.3, -0.25) is 9.13 Å². The van der Waals surface area contributed by atoms with Crippen LogP contribution in [0, 0.1) is 20.8 Å². The number of anilines is 2. The molecule has 11 aromatic rings. The molecule has 0 bridgehead atoms. The van der Waals surface area contributed by atoms with Crippen molar-refractivity contribution in [1.29, 1.82) is 0 Å². The van der Waals surface area contributed by atoms with Crippen LogP contribution >= 0.6 is 0 Å². The summed E-state index contributed by atoms with van der Waals surface area (Å²) >= 11 is 0. The number of benzene rings is 8. The van der Waals surface area contributed by atoms with Crippen LogP contribution in [0.2, 0.25) is 0 Å². The van der Waals surface area contributed by atoms with Gasteiger partial charge in [0.05, 0.1) is 22.6 Å². The Hall–Kier alpha value is -8.08. The van der Waals surface area contributed by atoms with Gasteiger partial charge in [0.25, 0.3) is 0 Å². The predicted octanol–water partition coefficient (Wildman–Crippen LogP) is 15.7. The fourth-order valence-corrected chi connectivity index (χ4v) is 10.8. The molecule has 2 aliphatic rings. The summed E-state index contributed by atoms with van der Waals surface area (Å²) in [6.45, 7) is 6.57. The number of fused-ring (bicyclic) bond motifs is 9. The maximum Gasteiger partial charge on any atom is 0.131 e. The van der Waals surface area contributed by atoms with Crippen LogP contribution in [0.3, 0.4) is 0 Å². The van der Waals surface area contributed by atoms with E-state index in [1.807, 2.05) is 18.2 Å². The van der Waals surface area contributed by atoms with E-state index in [-0.39, 0.29) is 6.04 Å². The highest BCUT2D eigenvalue weighted by atomic mass is 15.2. The Morgan fingerprint density at radius 3 is 1.74 bits per heavy atom. The van der Waals surface area contributed by atoms with Crippen LogP contribution in [0.15, 0.2) is 224 Å². The van der Waals surface area contributed by atoms with Gasteiger partial charge in [0.1, 0.15) is 5.65 Å². The molecule has 0 fully saturated rings. The number of nitrogens with zero attached hydrogens (tertiary/aromatic N) is 4. The van der Waals surface area contributed by atoms with Gasteiger partial charge in [-0.25, -0.2) is 0 Å². The molecule has 0 N–H and O–H groups in total. The highest BCUT2D eigenvalue weighted by Gasteiger charge is 2.37. The van der Waals surface area contributed by atoms with Crippen molar-refractivity contribution >= 4 is 55.1 Å². The van der Waals surface area contributed by atoms with Crippen LogP contribution in [-0.4, -0.2) is 19.7 Å². The molecule has 0 radical (unpaired) electrons. The maximum atomic E-state index is 2.53. The molecule has 0 saturated heterocycles. The summed E-state index contributed by atoms with van der Waals surface area (Å²) in [7, 11) is 0. The summed E-state index contributed by atoms with van der Waals surface area (Å²) in [6.07, 6.45) is 9.09. The molecule has 4 nitrogen and oxygen atoms in total. The Labute approximate surface area is 379 Å². The molecule has 4 heterocycles. The highest BCUT2D eigenvalue weighted by Crippen LogP contribution is 2.49. The smallest absolute Gasteiger partial charge is 0.131 e. The van der Waals surface area contributed by atoms with E-state index in [2.05, 4.69) is 246 Å². The van der Waals surface area contributed by atoms with Gasteiger partial charge in [-0.2, -0.15) is 0 Å². The van der Waals surface area contributed by atoms with Crippen molar-refractivity contribution in [1.82, 2.24) is 13.7 Å². The second-order valence-electron chi connectivity index (χ2n) is 17.4. The van der Waals surface area contributed by atoms with Gasteiger partial charge >= 0.3 is 0 Å². The molecule has 1 aliphatic heterocycles. The fraction of sp³-hybridized carbons (Fsp3) is 0.0820. The average Bonchev–Trinajstić information content (AvgIpc) is 4.06. The van der Waals surface area contributed by atoms with Gasteiger partial charge in [0.2, 0.25) is 0 Å². The molecule has 0 saturated carbocycles. The second-order valence-corrected chi connectivity index (χ2v) is 17.4. The SMILES string of the molecule is Cc1ccccc1.Cc1ccccc1-c1c(C)n(-c2ccccc2)c2cc(-n3c4ccccc4c4c5ccccc5n(-c5cccc(N6c7ccccc7C7C=CC=CC76)c5)c43)ccc12. The van der Waals surface area contributed by atoms with Crippen molar-refractivity contribution in [3.8, 4) is 28.2 Å². The summed E-state index contributed by atoms with van der Waals surface area (Å²) in [5.41, 5.74) is 18.4. The fourth-order valence-electron chi connectivity index (χ4n) is 10.8. The average molecular weight is 837 g/mol. The summed E-state index contributed by atoms with van der Waals surface area (Å²) in [5.74, 6) is 0.325. The quantitative estimate of drug-likeness (QED) is 0.169. The van der Waals surface area contributed by atoms with Crippen LogP contribution < -0.4 is 4.90 Å². The third-order valence-electron chi connectivity index (χ3n) is 13.6. The van der Waals surface area contributed by atoms with E-state index in [4.69, 9.17) is 0 Å². The Morgan fingerprint density at radius 1 is 0.415 bits per heavy atom. The van der Waals surface area contributed by atoms with E-state index in [9.17, 15) is 0 Å². The van der Waals surface area contributed by atoms with Crippen LogP contribution in [0.1, 0.15) is 28.3 Å². The summed E-state index contributed by atoms with van der Waals surface area (Å²) in [5, 5.41) is 5.00. The minimum absolute atomic E-state index is 0.228. The molecule has 8 aromatic carbocycles. The normalized spacial score (nSPS) is 15.2.